The number of ether oxygens (including phenoxy) is 1. The van der Waals surface area contributed by atoms with Gasteiger partial charge in [-0.05, 0) is 71.8 Å². The van der Waals surface area contributed by atoms with Crippen LogP contribution < -0.4 is 10.9 Å². The molecule has 1 unspecified atom stereocenters. The van der Waals surface area contributed by atoms with Crippen LogP contribution in [0.5, 0.6) is 0 Å². The Morgan fingerprint density at radius 3 is 2.51 bits per heavy atom. The molecule has 3 heterocycles. The lowest BCUT2D eigenvalue weighted by molar-refractivity contribution is -0.119. The Kier molecular flexibility index (Phi) is 7.60. The van der Waals surface area contributed by atoms with E-state index in [1.54, 1.807) is 24.7 Å². The third kappa shape index (κ3) is 5.08. The molecule has 0 aliphatic heterocycles. The summed E-state index contributed by atoms with van der Waals surface area (Å²) in [6.45, 7) is 13.6. The molecular weight excluding hydrogens is 490 g/mol. The summed E-state index contributed by atoms with van der Waals surface area (Å²) in [5, 5.41) is 13.2. The number of carbonyl (C=O) groups is 2. The highest BCUT2D eigenvalue weighted by Crippen LogP contribution is 2.38. The van der Waals surface area contributed by atoms with Crippen molar-refractivity contribution in [2.75, 3.05) is 11.9 Å². The topological polar surface area (TPSA) is 108 Å². The van der Waals surface area contributed by atoms with Gasteiger partial charge in [0.05, 0.1) is 29.6 Å². The average molecular weight is 528 g/mol. The number of aromatic nitrogens is 4. The third-order valence-electron chi connectivity index (χ3n) is 6.74. The molecule has 0 radical (unpaired) electrons. The minimum absolute atomic E-state index is 0.0191. The number of hydrogen-bond donors (Lipinski definition) is 1. The highest BCUT2D eigenvalue weighted by molar-refractivity contribution is 7.17. The molecule has 200 valence electrons. The van der Waals surface area contributed by atoms with E-state index in [1.807, 2.05) is 34.6 Å². The van der Waals surface area contributed by atoms with Crippen molar-refractivity contribution in [2.24, 2.45) is 0 Å². The van der Waals surface area contributed by atoms with Crippen molar-refractivity contribution in [3.8, 4) is 0 Å². The second kappa shape index (κ2) is 10.4. The number of fused-ring (bicyclic) bond motifs is 2. The summed E-state index contributed by atoms with van der Waals surface area (Å²) in [5.41, 5.74) is 1.77. The predicted molar refractivity (Wildman–Crippen MR) is 146 cm³/mol. The first kappa shape index (κ1) is 27.0. The molecular formula is C27H37N5O4S. The Bertz CT molecular complexity index is 1390. The maximum Gasteiger partial charge on any atom is 0.341 e. The van der Waals surface area contributed by atoms with Crippen molar-refractivity contribution in [3.05, 3.63) is 38.2 Å². The van der Waals surface area contributed by atoms with Gasteiger partial charge in [-0.2, -0.15) is 10.2 Å². The lowest BCUT2D eigenvalue weighted by Gasteiger charge is -2.22. The molecule has 1 atom stereocenters. The molecule has 4 rings (SSSR count). The highest BCUT2D eigenvalue weighted by Gasteiger charge is 2.30. The van der Waals surface area contributed by atoms with E-state index in [-0.39, 0.29) is 18.1 Å². The van der Waals surface area contributed by atoms with E-state index in [1.165, 1.54) is 16.0 Å². The Labute approximate surface area is 221 Å². The van der Waals surface area contributed by atoms with Gasteiger partial charge in [0.15, 0.2) is 0 Å². The average Bonchev–Trinajstić information content (AvgIpc) is 3.34. The summed E-state index contributed by atoms with van der Waals surface area (Å²) < 4.78 is 8.30. The van der Waals surface area contributed by atoms with Gasteiger partial charge in [0, 0.05) is 10.3 Å². The highest BCUT2D eigenvalue weighted by atomic mass is 32.1. The lowest BCUT2D eigenvalue weighted by atomic mass is 10.1. The summed E-state index contributed by atoms with van der Waals surface area (Å²) in [6.07, 6.45) is 6.52. The molecule has 0 saturated heterocycles. The van der Waals surface area contributed by atoms with Gasteiger partial charge in [-0.25, -0.2) is 9.48 Å². The maximum atomic E-state index is 13.7. The van der Waals surface area contributed by atoms with Crippen molar-refractivity contribution in [3.63, 3.8) is 0 Å². The first-order valence-electron chi connectivity index (χ1n) is 13.1. The quantitative estimate of drug-likeness (QED) is 0.350. The predicted octanol–water partition coefficient (Wildman–Crippen LogP) is 5.18. The largest absolute Gasteiger partial charge is 0.462 e. The molecule has 0 bridgehead atoms. The van der Waals surface area contributed by atoms with Crippen molar-refractivity contribution in [2.45, 2.75) is 98.1 Å². The molecule has 0 aromatic carbocycles. The van der Waals surface area contributed by atoms with Gasteiger partial charge in [-0.1, -0.05) is 20.3 Å². The summed E-state index contributed by atoms with van der Waals surface area (Å²) >= 11 is 1.44. The van der Waals surface area contributed by atoms with E-state index in [0.717, 1.165) is 42.5 Å². The Hall–Kier alpha value is -3.01. The van der Waals surface area contributed by atoms with E-state index in [2.05, 4.69) is 15.5 Å². The van der Waals surface area contributed by atoms with Gasteiger partial charge in [0.1, 0.15) is 16.6 Å². The molecule has 10 heteroatoms. The summed E-state index contributed by atoms with van der Waals surface area (Å²) in [6, 6.07) is -0.908. The van der Waals surface area contributed by atoms with Crippen LogP contribution in [0, 0.1) is 0 Å². The zero-order chi connectivity index (χ0) is 27.1. The number of amides is 1. The van der Waals surface area contributed by atoms with Gasteiger partial charge < -0.3 is 10.1 Å². The van der Waals surface area contributed by atoms with Crippen LogP contribution in [-0.2, 0) is 27.9 Å². The van der Waals surface area contributed by atoms with Crippen molar-refractivity contribution < 1.29 is 14.3 Å². The van der Waals surface area contributed by atoms with Gasteiger partial charge in [-0.15, -0.1) is 11.3 Å². The van der Waals surface area contributed by atoms with Crippen LogP contribution in [0.3, 0.4) is 0 Å². The molecule has 1 aliphatic rings. The van der Waals surface area contributed by atoms with E-state index < -0.39 is 23.5 Å². The minimum atomic E-state index is -0.908. The summed E-state index contributed by atoms with van der Waals surface area (Å²) in [7, 11) is 0. The Morgan fingerprint density at radius 2 is 1.86 bits per heavy atom. The minimum Gasteiger partial charge on any atom is -0.462 e. The first-order valence-corrected chi connectivity index (χ1v) is 13.9. The number of thiophene rings is 1. The second-order valence-electron chi connectivity index (χ2n) is 10.9. The fourth-order valence-electron chi connectivity index (χ4n) is 4.84. The van der Waals surface area contributed by atoms with Crippen LogP contribution >= 0.6 is 11.3 Å². The zero-order valence-electron chi connectivity index (χ0n) is 22.8. The maximum absolute atomic E-state index is 13.7. The Balaban J connectivity index is 1.76. The van der Waals surface area contributed by atoms with E-state index in [0.29, 0.717) is 27.2 Å². The third-order valence-corrected chi connectivity index (χ3v) is 7.94. The summed E-state index contributed by atoms with van der Waals surface area (Å²) in [5.74, 6) is -0.809. The van der Waals surface area contributed by atoms with E-state index in [9.17, 15) is 14.4 Å². The fraction of sp³-hybridized carbons (Fsp3) is 0.593. The van der Waals surface area contributed by atoms with Crippen LogP contribution in [0.1, 0.15) is 106 Å². The smallest absolute Gasteiger partial charge is 0.341 e. The molecule has 0 spiro atoms. The molecule has 1 N–H and O–H groups in total. The molecule has 3 aromatic heterocycles. The number of anilines is 1. The summed E-state index contributed by atoms with van der Waals surface area (Å²) in [4.78, 5) is 41.2. The van der Waals surface area contributed by atoms with Crippen LogP contribution in [-0.4, -0.2) is 38.0 Å². The number of nitrogens with zero attached hydrogens (tertiary/aromatic N) is 4. The number of carbonyl (C=O) groups excluding carboxylic acids is 2. The number of rotatable bonds is 6. The lowest BCUT2D eigenvalue weighted by Crippen LogP contribution is -2.36. The molecule has 37 heavy (non-hydrogen) atoms. The van der Waals surface area contributed by atoms with Crippen LogP contribution in [0.2, 0.25) is 0 Å². The van der Waals surface area contributed by atoms with Crippen LogP contribution in [0.15, 0.2) is 11.0 Å². The number of aryl methyl sites for hydroxylation is 1. The standard InChI is InChI=1S/C27H37N5O4S/c1-8-36-26(35)20-17-12-10-9-11-13-19(17)37-24(20)29-23(33)16(4)31-25(34)22-18(21(30-31)15(2)3)14-28-32(22)27(5,6)7/h14-16H,8-13H2,1-7H3,(H,29,33). The van der Waals surface area contributed by atoms with Crippen LogP contribution in [0.25, 0.3) is 10.9 Å². The van der Waals surface area contributed by atoms with Crippen molar-refractivity contribution in [1.29, 1.82) is 0 Å². The molecule has 0 saturated carbocycles. The normalized spacial score (nSPS) is 14.9. The number of nitrogens with one attached hydrogen (secondary N) is 1. The monoisotopic (exact) mass is 527 g/mol. The molecule has 3 aromatic rings. The SMILES string of the molecule is CCOC(=O)c1c(NC(=O)C(C)n2nc(C(C)C)c3cnn(C(C)(C)C)c3c2=O)sc2c1CCCCC2. The first-order chi connectivity index (χ1) is 17.5. The van der Waals surface area contributed by atoms with Crippen LogP contribution in [0.4, 0.5) is 5.00 Å². The van der Waals surface area contributed by atoms with Gasteiger partial charge in [0.25, 0.3) is 5.56 Å². The molecule has 0 fully saturated rings. The fourth-order valence-corrected chi connectivity index (χ4v) is 6.12. The molecule has 9 nitrogen and oxygen atoms in total. The van der Waals surface area contributed by atoms with Gasteiger partial charge in [-0.3, -0.25) is 14.3 Å². The van der Waals surface area contributed by atoms with Crippen molar-refractivity contribution >= 4 is 39.1 Å². The van der Waals surface area contributed by atoms with E-state index in [4.69, 9.17) is 4.74 Å². The zero-order valence-corrected chi connectivity index (χ0v) is 23.6. The number of esters is 1. The van der Waals surface area contributed by atoms with Gasteiger partial charge >= 0.3 is 5.97 Å². The van der Waals surface area contributed by atoms with E-state index >= 15 is 0 Å². The van der Waals surface area contributed by atoms with Gasteiger partial charge in [0.2, 0.25) is 5.91 Å². The molecule has 1 aliphatic carbocycles. The van der Waals surface area contributed by atoms with Crippen molar-refractivity contribution in [1.82, 2.24) is 19.6 Å². The number of hydrogen-bond acceptors (Lipinski definition) is 7. The second-order valence-corrected chi connectivity index (χ2v) is 12.0. The molecule has 1 amide bonds. The Morgan fingerprint density at radius 1 is 1.16 bits per heavy atom.